The molecular weight excluding hydrogens is 258 g/mol. The summed E-state index contributed by atoms with van der Waals surface area (Å²) in [6.45, 7) is 3.39. The first kappa shape index (κ1) is 15.1. The van der Waals surface area contributed by atoms with Crippen molar-refractivity contribution in [2.75, 3.05) is 6.54 Å². The third-order valence-electron chi connectivity index (χ3n) is 5.64. The zero-order chi connectivity index (χ0) is 14.7. The lowest BCUT2D eigenvalue weighted by Crippen LogP contribution is -2.45. The molecule has 1 heterocycles. The summed E-state index contributed by atoms with van der Waals surface area (Å²) >= 11 is 0. The highest BCUT2D eigenvalue weighted by molar-refractivity contribution is 5.19. The number of aliphatic hydroxyl groups is 1. The highest BCUT2D eigenvalue weighted by Crippen LogP contribution is 2.38. The second-order valence-electron chi connectivity index (χ2n) is 6.82. The Kier molecular flexibility index (Phi) is 4.97. The smallest absolute Gasteiger partial charge is 0.0945 e. The number of hydrogen-bond acceptors (Lipinski definition) is 2. The molecule has 1 N–H and O–H groups in total. The number of likely N-dealkylation sites (tertiary alicyclic amines) is 1. The Morgan fingerprint density at radius 3 is 2.48 bits per heavy atom. The van der Waals surface area contributed by atoms with Crippen molar-refractivity contribution in [3.05, 3.63) is 35.9 Å². The van der Waals surface area contributed by atoms with Gasteiger partial charge in [-0.15, -0.1) is 0 Å². The maximum Gasteiger partial charge on any atom is 0.0945 e. The van der Waals surface area contributed by atoms with Crippen molar-refractivity contribution in [1.82, 2.24) is 4.90 Å². The standard InChI is InChI=1S/C19H29NO/c1-2-17(19(21)16-11-4-3-5-12-16)20-14-8-13-18(20)15-9-6-7-10-15/h3-5,11-12,15,17-19,21H,2,6-10,13-14H2,1H3. The Labute approximate surface area is 129 Å². The van der Waals surface area contributed by atoms with Gasteiger partial charge in [-0.2, -0.15) is 0 Å². The molecule has 0 spiro atoms. The van der Waals surface area contributed by atoms with Crippen molar-refractivity contribution >= 4 is 0 Å². The Balaban J connectivity index is 1.75. The number of benzene rings is 1. The van der Waals surface area contributed by atoms with E-state index in [0.717, 1.165) is 23.9 Å². The van der Waals surface area contributed by atoms with E-state index in [-0.39, 0.29) is 12.1 Å². The summed E-state index contributed by atoms with van der Waals surface area (Å²) in [5, 5.41) is 10.9. The quantitative estimate of drug-likeness (QED) is 0.879. The molecule has 2 aliphatic rings. The molecule has 116 valence electrons. The van der Waals surface area contributed by atoms with Gasteiger partial charge in [-0.25, -0.2) is 0 Å². The van der Waals surface area contributed by atoms with E-state index in [0.29, 0.717) is 0 Å². The summed E-state index contributed by atoms with van der Waals surface area (Å²) in [4.78, 5) is 2.65. The van der Waals surface area contributed by atoms with Crippen LogP contribution in [-0.2, 0) is 0 Å². The van der Waals surface area contributed by atoms with Crippen LogP contribution >= 0.6 is 0 Å². The molecule has 0 amide bonds. The van der Waals surface area contributed by atoms with Crippen LogP contribution < -0.4 is 0 Å². The van der Waals surface area contributed by atoms with Crippen LogP contribution in [0, 0.1) is 5.92 Å². The summed E-state index contributed by atoms with van der Waals surface area (Å²) in [5.74, 6) is 0.879. The monoisotopic (exact) mass is 287 g/mol. The van der Waals surface area contributed by atoms with E-state index in [2.05, 4.69) is 24.0 Å². The van der Waals surface area contributed by atoms with Crippen LogP contribution in [0.3, 0.4) is 0 Å². The zero-order valence-electron chi connectivity index (χ0n) is 13.2. The van der Waals surface area contributed by atoms with E-state index in [1.54, 1.807) is 0 Å². The molecule has 2 nitrogen and oxygen atoms in total. The van der Waals surface area contributed by atoms with E-state index in [1.165, 1.54) is 45.1 Å². The van der Waals surface area contributed by atoms with Gasteiger partial charge in [-0.3, -0.25) is 4.90 Å². The third kappa shape index (κ3) is 3.17. The SMILES string of the molecule is CCC(C(O)c1ccccc1)N1CCCC1C1CCCC1. The molecule has 2 heteroatoms. The van der Waals surface area contributed by atoms with Crippen molar-refractivity contribution in [2.45, 2.75) is 70.1 Å². The van der Waals surface area contributed by atoms with Crippen LogP contribution in [0.15, 0.2) is 30.3 Å². The molecule has 0 aromatic heterocycles. The van der Waals surface area contributed by atoms with Crippen LogP contribution in [0.1, 0.15) is 63.5 Å². The molecule has 1 saturated heterocycles. The molecular formula is C19H29NO. The molecule has 2 fully saturated rings. The largest absolute Gasteiger partial charge is 0.387 e. The lowest BCUT2D eigenvalue weighted by molar-refractivity contribution is 0.0247. The topological polar surface area (TPSA) is 23.5 Å². The molecule has 0 bridgehead atoms. The van der Waals surface area contributed by atoms with Gasteiger partial charge in [0.05, 0.1) is 6.10 Å². The van der Waals surface area contributed by atoms with Gasteiger partial charge in [-0.1, -0.05) is 50.1 Å². The first-order chi connectivity index (χ1) is 10.3. The van der Waals surface area contributed by atoms with E-state index < -0.39 is 0 Å². The fourth-order valence-corrected chi connectivity index (χ4v) is 4.59. The predicted octanol–water partition coefficient (Wildman–Crippen LogP) is 4.15. The molecule has 1 aromatic rings. The van der Waals surface area contributed by atoms with Crippen molar-refractivity contribution in [2.24, 2.45) is 5.92 Å². The van der Waals surface area contributed by atoms with E-state index in [9.17, 15) is 5.11 Å². The number of nitrogens with zero attached hydrogens (tertiary/aromatic N) is 1. The van der Waals surface area contributed by atoms with Crippen molar-refractivity contribution in [3.8, 4) is 0 Å². The maximum atomic E-state index is 10.9. The average molecular weight is 287 g/mol. The average Bonchev–Trinajstić information content (AvgIpc) is 3.19. The number of hydrogen-bond donors (Lipinski definition) is 1. The van der Waals surface area contributed by atoms with E-state index in [1.807, 2.05) is 18.2 Å². The zero-order valence-corrected chi connectivity index (χ0v) is 13.2. The van der Waals surface area contributed by atoms with Crippen LogP contribution in [0.2, 0.25) is 0 Å². The van der Waals surface area contributed by atoms with Crippen molar-refractivity contribution in [3.63, 3.8) is 0 Å². The van der Waals surface area contributed by atoms with Crippen molar-refractivity contribution < 1.29 is 5.11 Å². The minimum absolute atomic E-state index is 0.278. The molecule has 1 saturated carbocycles. The van der Waals surface area contributed by atoms with Crippen LogP contribution in [-0.4, -0.2) is 28.6 Å². The molecule has 21 heavy (non-hydrogen) atoms. The maximum absolute atomic E-state index is 10.9. The lowest BCUT2D eigenvalue weighted by atomic mass is 9.92. The van der Waals surface area contributed by atoms with E-state index >= 15 is 0 Å². The number of rotatable bonds is 5. The second kappa shape index (κ2) is 6.93. The van der Waals surface area contributed by atoms with E-state index in [4.69, 9.17) is 0 Å². The fourth-order valence-electron chi connectivity index (χ4n) is 4.59. The Bertz CT molecular complexity index is 426. The molecule has 0 radical (unpaired) electrons. The molecule has 3 unspecified atom stereocenters. The van der Waals surface area contributed by atoms with Gasteiger partial charge in [0, 0.05) is 12.1 Å². The van der Waals surface area contributed by atoms with Gasteiger partial charge in [-0.05, 0) is 50.1 Å². The first-order valence-corrected chi connectivity index (χ1v) is 8.80. The van der Waals surface area contributed by atoms with Crippen LogP contribution in [0.5, 0.6) is 0 Å². The third-order valence-corrected chi connectivity index (χ3v) is 5.64. The second-order valence-corrected chi connectivity index (χ2v) is 6.82. The molecule has 1 aromatic carbocycles. The van der Waals surface area contributed by atoms with Crippen LogP contribution in [0.4, 0.5) is 0 Å². The summed E-state index contributed by atoms with van der Waals surface area (Å²) in [5.41, 5.74) is 1.07. The van der Waals surface area contributed by atoms with Crippen LogP contribution in [0.25, 0.3) is 0 Å². The number of aliphatic hydroxyl groups excluding tert-OH is 1. The molecule has 3 atom stereocenters. The molecule has 1 aliphatic heterocycles. The summed E-state index contributed by atoms with van der Waals surface area (Å²) in [6, 6.07) is 11.2. The summed E-state index contributed by atoms with van der Waals surface area (Å²) < 4.78 is 0. The minimum Gasteiger partial charge on any atom is -0.387 e. The normalized spacial score (nSPS) is 27.0. The van der Waals surface area contributed by atoms with Gasteiger partial charge in [0.2, 0.25) is 0 Å². The Hall–Kier alpha value is -0.860. The fraction of sp³-hybridized carbons (Fsp3) is 0.684. The Morgan fingerprint density at radius 2 is 1.81 bits per heavy atom. The summed E-state index contributed by atoms with van der Waals surface area (Å²) in [7, 11) is 0. The first-order valence-electron chi connectivity index (χ1n) is 8.80. The lowest BCUT2D eigenvalue weighted by Gasteiger charge is -2.38. The van der Waals surface area contributed by atoms with Gasteiger partial charge in [0.25, 0.3) is 0 Å². The van der Waals surface area contributed by atoms with Gasteiger partial charge >= 0.3 is 0 Å². The van der Waals surface area contributed by atoms with Gasteiger partial charge < -0.3 is 5.11 Å². The highest BCUT2D eigenvalue weighted by atomic mass is 16.3. The highest BCUT2D eigenvalue weighted by Gasteiger charge is 2.38. The van der Waals surface area contributed by atoms with Crippen molar-refractivity contribution in [1.29, 1.82) is 0 Å². The Morgan fingerprint density at radius 1 is 1.10 bits per heavy atom. The molecule has 1 aliphatic carbocycles. The predicted molar refractivity (Wildman–Crippen MR) is 87.2 cm³/mol. The van der Waals surface area contributed by atoms with Gasteiger partial charge in [0.1, 0.15) is 0 Å². The molecule has 3 rings (SSSR count). The van der Waals surface area contributed by atoms with Gasteiger partial charge in [0.15, 0.2) is 0 Å². The summed E-state index contributed by atoms with van der Waals surface area (Å²) in [6.07, 6.45) is 8.94. The minimum atomic E-state index is -0.349.